The van der Waals surface area contributed by atoms with E-state index in [9.17, 15) is 0 Å². The molecule has 1 aromatic carbocycles. The third-order valence-electron chi connectivity index (χ3n) is 2.19. The fourth-order valence-corrected chi connectivity index (χ4v) is 2.42. The van der Waals surface area contributed by atoms with Crippen LogP contribution in [-0.2, 0) is 6.61 Å². The molecule has 0 aliphatic rings. The number of nitrogens with zero attached hydrogens (tertiary/aromatic N) is 1. The molecule has 1 aromatic heterocycles. The van der Waals surface area contributed by atoms with Crippen LogP contribution in [0.15, 0.2) is 28.9 Å². The fourth-order valence-electron chi connectivity index (χ4n) is 1.32. The Kier molecular flexibility index (Phi) is 4.40. The molecule has 0 saturated carbocycles. The molecule has 0 spiro atoms. The first-order chi connectivity index (χ1) is 8.72. The van der Waals surface area contributed by atoms with Gasteiger partial charge in [0.25, 0.3) is 0 Å². The second kappa shape index (κ2) is 6.03. The highest BCUT2D eigenvalue weighted by atomic mass is 79.9. The average molecular weight is 330 g/mol. The lowest BCUT2D eigenvalue weighted by atomic mass is 10.3. The Hall–Kier alpha value is -1.31. The predicted molar refractivity (Wildman–Crippen MR) is 75.0 cm³/mol. The summed E-state index contributed by atoms with van der Waals surface area (Å²) in [6, 6.07) is 5.56. The number of halogens is 1. The van der Waals surface area contributed by atoms with Gasteiger partial charge in [-0.25, -0.2) is 10.8 Å². The summed E-state index contributed by atoms with van der Waals surface area (Å²) in [5.74, 6) is 6.80. The Labute approximate surface area is 117 Å². The highest BCUT2D eigenvalue weighted by Crippen LogP contribution is 2.30. The second-order valence-corrected chi connectivity index (χ2v) is 5.33. The smallest absolute Gasteiger partial charge is 0.197 e. The number of rotatable bonds is 5. The van der Waals surface area contributed by atoms with Gasteiger partial charge < -0.3 is 9.47 Å². The van der Waals surface area contributed by atoms with Gasteiger partial charge in [0.05, 0.1) is 16.5 Å². The van der Waals surface area contributed by atoms with E-state index in [2.05, 4.69) is 26.3 Å². The van der Waals surface area contributed by atoms with Crippen LogP contribution in [0.1, 0.15) is 4.88 Å². The highest BCUT2D eigenvalue weighted by molar-refractivity contribution is 9.10. The van der Waals surface area contributed by atoms with Crippen LogP contribution in [0.2, 0.25) is 0 Å². The standard InChI is InChI=1S/C11H12BrN3O2S/c1-16-7-2-3-10(9(12)4-7)17-6-8-5-14-11(15-13)18-8/h2-5H,6,13H2,1H3,(H,14,15). The lowest BCUT2D eigenvalue weighted by Crippen LogP contribution is -2.05. The van der Waals surface area contributed by atoms with Crippen molar-refractivity contribution < 1.29 is 9.47 Å². The maximum atomic E-state index is 5.68. The molecule has 0 aliphatic heterocycles. The van der Waals surface area contributed by atoms with Crippen LogP contribution >= 0.6 is 27.3 Å². The Balaban J connectivity index is 2.01. The van der Waals surface area contributed by atoms with Gasteiger partial charge in [0.15, 0.2) is 5.13 Å². The van der Waals surface area contributed by atoms with Crippen LogP contribution in [0.4, 0.5) is 5.13 Å². The van der Waals surface area contributed by atoms with Crippen molar-refractivity contribution in [1.29, 1.82) is 0 Å². The molecule has 0 radical (unpaired) electrons. The van der Waals surface area contributed by atoms with Crippen molar-refractivity contribution in [2.24, 2.45) is 5.84 Å². The Morgan fingerprint density at radius 2 is 2.33 bits per heavy atom. The first kappa shape index (κ1) is 13.1. The third-order valence-corrected chi connectivity index (χ3v) is 3.71. The van der Waals surface area contributed by atoms with Crippen molar-refractivity contribution in [3.63, 3.8) is 0 Å². The van der Waals surface area contributed by atoms with E-state index in [-0.39, 0.29) is 0 Å². The maximum Gasteiger partial charge on any atom is 0.197 e. The van der Waals surface area contributed by atoms with Gasteiger partial charge in [-0.2, -0.15) is 0 Å². The van der Waals surface area contributed by atoms with Crippen LogP contribution < -0.4 is 20.7 Å². The number of ether oxygens (including phenoxy) is 2. The van der Waals surface area contributed by atoms with Crippen LogP contribution in [0.3, 0.4) is 0 Å². The lowest BCUT2D eigenvalue weighted by Gasteiger charge is -2.08. The number of anilines is 1. The molecule has 0 saturated heterocycles. The minimum absolute atomic E-state index is 0.449. The van der Waals surface area contributed by atoms with E-state index in [1.54, 1.807) is 13.3 Å². The first-order valence-corrected chi connectivity index (χ1v) is 6.71. The van der Waals surface area contributed by atoms with E-state index in [4.69, 9.17) is 15.3 Å². The van der Waals surface area contributed by atoms with Crippen molar-refractivity contribution in [3.05, 3.63) is 33.7 Å². The minimum atomic E-state index is 0.449. The van der Waals surface area contributed by atoms with Crippen molar-refractivity contribution >= 4 is 32.4 Å². The molecule has 96 valence electrons. The van der Waals surface area contributed by atoms with Crippen LogP contribution in [0.5, 0.6) is 11.5 Å². The van der Waals surface area contributed by atoms with Crippen LogP contribution in [-0.4, -0.2) is 12.1 Å². The van der Waals surface area contributed by atoms with E-state index < -0.39 is 0 Å². The van der Waals surface area contributed by atoms with Crippen LogP contribution in [0, 0.1) is 0 Å². The molecule has 0 atom stereocenters. The lowest BCUT2D eigenvalue weighted by molar-refractivity contribution is 0.306. The maximum absolute atomic E-state index is 5.68. The normalized spacial score (nSPS) is 10.2. The quantitative estimate of drug-likeness (QED) is 0.652. The third kappa shape index (κ3) is 3.12. The monoisotopic (exact) mass is 329 g/mol. The molecular formula is C11H12BrN3O2S. The van der Waals surface area contributed by atoms with E-state index in [0.717, 1.165) is 20.8 Å². The number of aromatic nitrogens is 1. The summed E-state index contributed by atoms with van der Waals surface area (Å²) < 4.78 is 11.6. The van der Waals surface area contributed by atoms with Gasteiger partial charge in [0.2, 0.25) is 0 Å². The molecule has 0 bridgehead atoms. The largest absolute Gasteiger partial charge is 0.497 e. The Morgan fingerprint density at radius 3 is 2.94 bits per heavy atom. The molecule has 18 heavy (non-hydrogen) atoms. The molecule has 0 fully saturated rings. The van der Waals surface area contributed by atoms with Crippen molar-refractivity contribution in [3.8, 4) is 11.5 Å². The van der Waals surface area contributed by atoms with Gasteiger partial charge >= 0.3 is 0 Å². The number of nitrogen functional groups attached to an aromatic ring is 1. The number of methoxy groups -OCH3 is 1. The molecule has 0 unspecified atom stereocenters. The summed E-state index contributed by atoms with van der Waals surface area (Å²) in [5, 5.41) is 0.669. The summed E-state index contributed by atoms with van der Waals surface area (Å²) in [5.41, 5.74) is 2.50. The Bertz CT molecular complexity index is 533. The van der Waals surface area contributed by atoms with Gasteiger partial charge in [-0.05, 0) is 34.1 Å². The topological polar surface area (TPSA) is 69.4 Å². The summed E-state index contributed by atoms with van der Waals surface area (Å²) in [7, 11) is 1.63. The van der Waals surface area contributed by atoms with Gasteiger partial charge in [-0.3, -0.25) is 5.43 Å². The second-order valence-electron chi connectivity index (χ2n) is 3.36. The molecule has 0 aliphatic carbocycles. The van der Waals surface area contributed by atoms with Gasteiger partial charge in [-0.1, -0.05) is 11.3 Å². The van der Waals surface area contributed by atoms with E-state index in [1.165, 1.54) is 11.3 Å². The number of hydrazine groups is 1. The van der Waals surface area contributed by atoms with E-state index in [0.29, 0.717) is 11.7 Å². The van der Waals surface area contributed by atoms with Crippen molar-refractivity contribution in [2.45, 2.75) is 6.61 Å². The number of nitrogens with one attached hydrogen (secondary N) is 1. The summed E-state index contributed by atoms with van der Waals surface area (Å²) in [6.07, 6.45) is 1.73. The molecular weight excluding hydrogens is 318 g/mol. The Morgan fingerprint density at radius 1 is 1.50 bits per heavy atom. The van der Waals surface area contributed by atoms with Crippen LogP contribution in [0.25, 0.3) is 0 Å². The predicted octanol–water partition coefficient (Wildman–Crippen LogP) is 2.78. The molecule has 2 rings (SSSR count). The zero-order chi connectivity index (χ0) is 13.0. The SMILES string of the molecule is COc1ccc(OCc2cnc(NN)s2)c(Br)c1. The zero-order valence-electron chi connectivity index (χ0n) is 9.64. The highest BCUT2D eigenvalue weighted by Gasteiger charge is 2.05. The minimum Gasteiger partial charge on any atom is -0.497 e. The molecule has 1 heterocycles. The molecule has 3 N–H and O–H groups in total. The van der Waals surface area contributed by atoms with E-state index in [1.807, 2.05) is 18.2 Å². The van der Waals surface area contributed by atoms with Gasteiger partial charge in [0.1, 0.15) is 18.1 Å². The van der Waals surface area contributed by atoms with Crippen molar-refractivity contribution in [2.75, 3.05) is 12.5 Å². The fraction of sp³-hybridized carbons (Fsp3) is 0.182. The number of benzene rings is 1. The summed E-state index contributed by atoms with van der Waals surface area (Å²) >= 11 is 4.88. The van der Waals surface area contributed by atoms with E-state index >= 15 is 0 Å². The number of nitrogens with two attached hydrogens (primary N) is 1. The number of thiazole rings is 1. The molecule has 2 aromatic rings. The van der Waals surface area contributed by atoms with Gasteiger partial charge in [0, 0.05) is 6.20 Å². The zero-order valence-corrected chi connectivity index (χ0v) is 12.0. The molecule has 7 heteroatoms. The number of hydrogen-bond acceptors (Lipinski definition) is 6. The first-order valence-electron chi connectivity index (χ1n) is 5.10. The molecule has 5 nitrogen and oxygen atoms in total. The van der Waals surface area contributed by atoms with Gasteiger partial charge in [-0.15, -0.1) is 0 Å². The van der Waals surface area contributed by atoms with Crippen molar-refractivity contribution in [1.82, 2.24) is 4.98 Å². The summed E-state index contributed by atoms with van der Waals surface area (Å²) in [4.78, 5) is 5.06. The number of hydrogen-bond donors (Lipinski definition) is 2. The molecule has 0 amide bonds. The average Bonchev–Trinajstić information content (AvgIpc) is 2.85. The summed E-state index contributed by atoms with van der Waals surface area (Å²) in [6.45, 7) is 0.449.